The molecule has 2 aliphatic carbocycles. The summed E-state index contributed by atoms with van der Waals surface area (Å²) in [4.78, 5) is 24.7. The van der Waals surface area contributed by atoms with Gasteiger partial charge in [-0.25, -0.2) is 0 Å². The fourth-order valence-corrected chi connectivity index (χ4v) is 4.34. The third-order valence-corrected chi connectivity index (χ3v) is 5.99. The van der Waals surface area contributed by atoms with E-state index in [9.17, 15) is 9.59 Å². The van der Waals surface area contributed by atoms with E-state index in [1.54, 1.807) is 0 Å². The Labute approximate surface area is 151 Å². The van der Waals surface area contributed by atoms with Gasteiger partial charge in [0, 0.05) is 18.9 Å². The number of rotatable bonds is 7. The topological polar surface area (TPSA) is 63.6 Å². The lowest BCUT2D eigenvalue weighted by molar-refractivity contribution is -0.155. The Morgan fingerprint density at radius 1 is 1.36 bits per heavy atom. The van der Waals surface area contributed by atoms with E-state index in [4.69, 9.17) is 9.84 Å². The smallest absolute Gasteiger partial charge is 0.309 e. The van der Waals surface area contributed by atoms with E-state index < -0.39 is 0 Å². The number of ether oxygens (including phenoxy) is 1. The quantitative estimate of drug-likeness (QED) is 0.431. The van der Waals surface area contributed by atoms with Gasteiger partial charge in [0.25, 0.3) is 0 Å². The summed E-state index contributed by atoms with van der Waals surface area (Å²) >= 11 is 0. The van der Waals surface area contributed by atoms with Gasteiger partial charge in [0.1, 0.15) is 6.10 Å². The number of carbonyl (C=O) groups is 2. The van der Waals surface area contributed by atoms with Crippen LogP contribution in [0.1, 0.15) is 59.8 Å². The summed E-state index contributed by atoms with van der Waals surface area (Å²) in [6.07, 6.45) is 3.30. The van der Waals surface area contributed by atoms with Crippen molar-refractivity contribution in [3.8, 4) is 0 Å². The van der Waals surface area contributed by atoms with Gasteiger partial charge >= 0.3 is 5.97 Å². The minimum absolute atomic E-state index is 0.0872. The number of carbonyl (C=O) groups excluding carboxylic acids is 2. The van der Waals surface area contributed by atoms with E-state index in [1.807, 2.05) is 13.8 Å². The third-order valence-electron chi connectivity index (χ3n) is 5.99. The fourth-order valence-electron chi connectivity index (χ4n) is 4.34. The Hall–Kier alpha value is -1.42. The molecule has 140 valence electrons. The summed E-state index contributed by atoms with van der Waals surface area (Å²) in [5.41, 5.74) is 2.99. The van der Waals surface area contributed by atoms with Gasteiger partial charge in [-0.05, 0) is 55.6 Å². The van der Waals surface area contributed by atoms with Crippen molar-refractivity contribution in [3.63, 3.8) is 0 Å². The average Bonchev–Trinajstić information content (AvgIpc) is 2.85. The summed E-state index contributed by atoms with van der Waals surface area (Å²) in [7, 11) is 0. The van der Waals surface area contributed by atoms with Crippen molar-refractivity contribution in [2.75, 3.05) is 6.61 Å². The van der Waals surface area contributed by atoms with Gasteiger partial charge in [-0.2, -0.15) is 0 Å². The largest absolute Gasteiger partial charge is 0.457 e. The van der Waals surface area contributed by atoms with Crippen LogP contribution >= 0.6 is 0 Å². The molecule has 4 heteroatoms. The van der Waals surface area contributed by atoms with E-state index in [2.05, 4.69) is 20.4 Å². The lowest BCUT2D eigenvalue weighted by atomic mass is 9.71. The van der Waals surface area contributed by atoms with Crippen molar-refractivity contribution in [3.05, 3.63) is 23.3 Å². The lowest BCUT2D eigenvalue weighted by Gasteiger charge is -2.39. The highest BCUT2D eigenvalue weighted by molar-refractivity contribution is 5.98. The van der Waals surface area contributed by atoms with E-state index in [0.717, 1.165) is 31.3 Å². The highest BCUT2D eigenvalue weighted by Crippen LogP contribution is 2.48. The second-order valence-corrected chi connectivity index (χ2v) is 7.81. The van der Waals surface area contributed by atoms with Gasteiger partial charge in [0.2, 0.25) is 0 Å². The molecule has 1 fully saturated rings. The van der Waals surface area contributed by atoms with Crippen LogP contribution in [0.15, 0.2) is 23.3 Å². The molecule has 0 radical (unpaired) electrons. The van der Waals surface area contributed by atoms with Crippen LogP contribution in [0.4, 0.5) is 0 Å². The number of aliphatic hydroxyl groups excluding tert-OH is 1. The highest BCUT2D eigenvalue weighted by atomic mass is 16.5. The van der Waals surface area contributed by atoms with Crippen molar-refractivity contribution in [2.45, 2.75) is 65.9 Å². The first-order chi connectivity index (χ1) is 11.8. The van der Waals surface area contributed by atoms with Crippen LogP contribution in [0, 0.1) is 23.7 Å². The molecule has 0 aromatic heterocycles. The minimum atomic E-state index is -0.382. The van der Waals surface area contributed by atoms with Crippen LogP contribution < -0.4 is 0 Å². The molecule has 2 aliphatic rings. The Balaban J connectivity index is 2.35. The summed E-state index contributed by atoms with van der Waals surface area (Å²) < 4.78 is 5.99. The number of esters is 1. The van der Waals surface area contributed by atoms with Crippen molar-refractivity contribution < 1.29 is 19.4 Å². The molecule has 5 atom stereocenters. The van der Waals surface area contributed by atoms with E-state index >= 15 is 0 Å². The molecule has 4 nitrogen and oxygen atoms in total. The second-order valence-electron chi connectivity index (χ2n) is 7.81. The average molecular weight is 348 g/mol. The predicted molar refractivity (Wildman–Crippen MR) is 97.9 cm³/mol. The normalized spacial score (nSPS) is 28.8. The van der Waals surface area contributed by atoms with Crippen molar-refractivity contribution in [2.24, 2.45) is 23.7 Å². The summed E-state index contributed by atoms with van der Waals surface area (Å²) in [5, 5.41) is 9.16. The maximum Gasteiger partial charge on any atom is 0.309 e. The molecule has 1 N–H and O–H groups in total. The first-order valence-corrected chi connectivity index (χ1v) is 9.54. The number of hydrogen-bond acceptors (Lipinski definition) is 4. The van der Waals surface area contributed by atoms with E-state index in [1.165, 1.54) is 5.57 Å². The number of hydrogen-bond donors (Lipinski definition) is 1. The number of Topliss-reactive ketones (excluding diaryl/α,β-unsaturated/α-hetero) is 1. The maximum atomic E-state index is 12.5. The molecule has 25 heavy (non-hydrogen) atoms. The van der Waals surface area contributed by atoms with Crippen LogP contribution in [0.5, 0.6) is 0 Å². The molecule has 5 unspecified atom stereocenters. The number of aliphatic hydroxyl groups is 1. The van der Waals surface area contributed by atoms with Crippen LogP contribution in [0.2, 0.25) is 0 Å². The van der Waals surface area contributed by atoms with Gasteiger partial charge in [0.05, 0.1) is 5.92 Å². The molecule has 0 aromatic rings. The summed E-state index contributed by atoms with van der Waals surface area (Å²) in [6, 6.07) is 0. The van der Waals surface area contributed by atoms with Gasteiger partial charge < -0.3 is 9.84 Å². The number of fused-ring (bicyclic) bond motifs is 1. The Morgan fingerprint density at radius 2 is 2.04 bits per heavy atom. The predicted octanol–water partition coefficient (Wildman–Crippen LogP) is 3.83. The van der Waals surface area contributed by atoms with Crippen molar-refractivity contribution in [1.29, 1.82) is 0 Å². The van der Waals surface area contributed by atoms with Gasteiger partial charge in [-0.3, -0.25) is 9.59 Å². The van der Waals surface area contributed by atoms with Gasteiger partial charge in [-0.1, -0.05) is 32.9 Å². The third kappa shape index (κ3) is 4.05. The van der Waals surface area contributed by atoms with Crippen molar-refractivity contribution >= 4 is 11.8 Å². The van der Waals surface area contributed by atoms with Crippen LogP contribution in [-0.2, 0) is 14.3 Å². The molecule has 0 amide bonds. The molecule has 0 spiro atoms. The lowest BCUT2D eigenvalue weighted by Crippen LogP contribution is -2.39. The minimum Gasteiger partial charge on any atom is -0.457 e. The molecule has 0 bridgehead atoms. The van der Waals surface area contributed by atoms with Crippen LogP contribution in [0.25, 0.3) is 0 Å². The zero-order valence-corrected chi connectivity index (χ0v) is 16.0. The van der Waals surface area contributed by atoms with Gasteiger partial charge in [0.15, 0.2) is 5.78 Å². The highest BCUT2D eigenvalue weighted by Gasteiger charge is 2.48. The first-order valence-electron chi connectivity index (χ1n) is 9.54. The van der Waals surface area contributed by atoms with Crippen LogP contribution in [0.3, 0.4) is 0 Å². The van der Waals surface area contributed by atoms with E-state index in [-0.39, 0.29) is 48.1 Å². The maximum absolute atomic E-state index is 12.5. The molecule has 0 aliphatic heterocycles. The molecule has 1 saturated carbocycles. The standard InChI is InChI=1S/C21H32O4/c1-6-12(2)21(24)25-20-18(13(3)8-7-9-22)14(4)10-16-11-17(23)15(5)19(16)20/h12-13,16,19-20,22H,5-11H2,1-4H3. The molecule has 0 saturated heterocycles. The fraction of sp³-hybridized carbons (Fsp3) is 0.714. The van der Waals surface area contributed by atoms with Gasteiger partial charge in [-0.15, -0.1) is 0 Å². The molecular weight excluding hydrogens is 316 g/mol. The van der Waals surface area contributed by atoms with Crippen molar-refractivity contribution in [1.82, 2.24) is 0 Å². The monoisotopic (exact) mass is 348 g/mol. The molecule has 0 aromatic carbocycles. The molecule has 0 heterocycles. The molecular formula is C21H32O4. The summed E-state index contributed by atoms with van der Waals surface area (Å²) in [5.74, 6) is 0.0855. The zero-order valence-electron chi connectivity index (χ0n) is 16.0. The Morgan fingerprint density at radius 3 is 2.64 bits per heavy atom. The number of allylic oxidation sites excluding steroid dienone is 1. The Bertz CT molecular complexity index is 574. The number of ketones is 1. The van der Waals surface area contributed by atoms with E-state index in [0.29, 0.717) is 12.0 Å². The SMILES string of the molecule is C=C1C(=O)CC2CC(C)=C(C(C)CCCO)C(OC(=O)C(C)CC)C12. The molecule has 2 rings (SSSR count). The summed E-state index contributed by atoms with van der Waals surface area (Å²) in [6.45, 7) is 12.2. The second kappa shape index (κ2) is 8.31. The van der Waals surface area contributed by atoms with Crippen LogP contribution in [-0.4, -0.2) is 29.6 Å². The first kappa shape index (κ1) is 19.9. The Kier molecular flexibility index (Phi) is 6.61. The zero-order chi connectivity index (χ0) is 18.7.